The lowest BCUT2D eigenvalue weighted by molar-refractivity contribution is -0.149. The summed E-state index contributed by atoms with van der Waals surface area (Å²) < 4.78 is 5.73. The molecule has 3 heteroatoms. The highest BCUT2D eigenvalue weighted by Crippen LogP contribution is 2.62. The summed E-state index contributed by atoms with van der Waals surface area (Å²) in [6.45, 7) is 10.1. The molecule has 5 atom stereocenters. The Labute approximate surface area is 127 Å². The Kier molecular flexibility index (Phi) is 3.30. The molecule has 1 aliphatic heterocycles. The lowest BCUT2D eigenvalue weighted by atomic mass is 9.53. The van der Waals surface area contributed by atoms with Gasteiger partial charge >= 0.3 is 5.97 Å². The van der Waals surface area contributed by atoms with E-state index in [1.807, 2.05) is 6.92 Å². The smallest absolute Gasteiger partial charge is 0.310 e. The number of carbonyl (C=O) groups is 2. The van der Waals surface area contributed by atoms with Gasteiger partial charge in [0.2, 0.25) is 0 Å². The fraction of sp³-hybridized carbons (Fsp3) is 0.778. The van der Waals surface area contributed by atoms with Gasteiger partial charge < -0.3 is 4.74 Å². The molecule has 2 aliphatic carbocycles. The Morgan fingerprint density at radius 3 is 2.76 bits per heavy atom. The minimum atomic E-state index is -0.307. The van der Waals surface area contributed by atoms with Crippen molar-refractivity contribution >= 4 is 11.8 Å². The maximum atomic E-state index is 12.8. The first kappa shape index (κ1) is 14.8. The number of hydrogen-bond donors (Lipinski definition) is 0. The Bertz CT molecular complexity index is 509. The second-order valence-electron chi connectivity index (χ2n) is 7.92. The fourth-order valence-corrected chi connectivity index (χ4v) is 5.05. The topological polar surface area (TPSA) is 43.4 Å². The van der Waals surface area contributed by atoms with Gasteiger partial charge in [0.05, 0.1) is 5.92 Å². The molecule has 116 valence electrons. The molecule has 3 nitrogen and oxygen atoms in total. The maximum absolute atomic E-state index is 12.8. The number of allylic oxidation sites excluding steroid dienone is 1. The van der Waals surface area contributed by atoms with E-state index >= 15 is 0 Å². The second kappa shape index (κ2) is 4.69. The lowest BCUT2D eigenvalue weighted by Gasteiger charge is -2.46. The van der Waals surface area contributed by atoms with Crippen molar-refractivity contribution in [3.8, 4) is 0 Å². The van der Waals surface area contributed by atoms with E-state index in [9.17, 15) is 9.59 Å². The third kappa shape index (κ3) is 2.00. The van der Waals surface area contributed by atoms with Crippen LogP contribution in [0.25, 0.3) is 0 Å². The van der Waals surface area contributed by atoms with Gasteiger partial charge in [-0.3, -0.25) is 9.59 Å². The molecule has 0 aromatic rings. The molecule has 1 unspecified atom stereocenters. The van der Waals surface area contributed by atoms with E-state index in [4.69, 9.17) is 4.74 Å². The van der Waals surface area contributed by atoms with Crippen LogP contribution in [0, 0.1) is 22.7 Å². The highest BCUT2D eigenvalue weighted by atomic mass is 16.6. The van der Waals surface area contributed by atoms with Crippen LogP contribution in [0.5, 0.6) is 0 Å². The molecule has 1 saturated heterocycles. The predicted octanol–water partition coefficient (Wildman–Crippen LogP) is 3.67. The quantitative estimate of drug-likeness (QED) is 0.588. The third-order valence-corrected chi connectivity index (χ3v) is 6.40. The maximum Gasteiger partial charge on any atom is 0.310 e. The van der Waals surface area contributed by atoms with E-state index in [1.165, 1.54) is 0 Å². The van der Waals surface area contributed by atoms with Crippen molar-refractivity contribution in [2.45, 2.75) is 65.4 Å². The number of hydrogen-bond acceptors (Lipinski definition) is 3. The van der Waals surface area contributed by atoms with Gasteiger partial charge in [0.15, 0.2) is 0 Å². The van der Waals surface area contributed by atoms with Crippen LogP contribution >= 0.6 is 0 Å². The summed E-state index contributed by atoms with van der Waals surface area (Å²) in [5, 5.41) is 0. The molecule has 3 fully saturated rings. The third-order valence-electron chi connectivity index (χ3n) is 6.40. The van der Waals surface area contributed by atoms with E-state index in [0.717, 1.165) is 37.7 Å². The molecule has 0 N–H and O–H groups in total. The summed E-state index contributed by atoms with van der Waals surface area (Å²) in [6.07, 6.45) is 5.01. The number of ketones is 1. The zero-order chi connectivity index (χ0) is 15.4. The van der Waals surface area contributed by atoms with E-state index in [2.05, 4.69) is 20.4 Å². The minimum absolute atomic E-state index is 0.0603. The highest BCUT2D eigenvalue weighted by molar-refractivity contribution is 5.91. The Morgan fingerprint density at radius 1 is 1.38 bits per heavy atom. The Morgan fingerprint density at radius 2 is 2.10 bits per heavy atom. The second-order valence-corrected chi connectivity index (χ2v) is 7.92. The Balaban J connectivity index is 1.92. The van der Waals surface area contributed by atoms with Crippen molar-refractivity contribution in [1.29, 1.82) is 0 Å². The standard InChI is InChI=1S/C18H26O3/c1-11(2)7-8-14-18(4)10-13(19)17(3)9-5-6-12(17)15(18)16(20)21-14/h12,14-15H,1,5-10H2,2-4H3/t12-,14?,15-,17-,18-/m1/s1. The first-order chi connectivity index (χ1) is 9.79. The number of esters is 1. The molecule has 0 radical (unpaired) electrons. The van der Waals surface area contributed by atoms with Crippen LogP contribution in [-0.4, -0.2) is 17.9 Å². The predicted molar refractivity (Wildman–Crippen MR) is 80.6 cm³/mol. The van der Waals surface area contributed by atoms with Gasteiger partial charge in [0.25, 0.3) is 0 Å². The number of Topliss-reactive ketones (excluding diaryl/α,β-unsaturated/α-hetero) is 1. The zero-order valence-electron chi connectivity index (χ0n) is 13.4. The van der Waals surface area contributed by atoms with E-state index in [-0.39, 0.29) is 34.7 Å². The highest BCUT2D eigenvalue weighted by Gasteiger charge is 2.66. The van der Waals surface area contributed by atoms with Gasteiger partial charge in [-0.25, -0.2) is 0 Å². The molecular formula is C18H26O3. The van der Waals surface area contributed by atoms with Crippen LogP contribution in [0.3, 0.4) is 0 Å². The van der Waals surface area contributed by atoms with Crippen molar-refractivity contribution < 1.29 is 14.3 Å². The van der Waals surface area contributed by atoms with Crippen LogP contribution in [0.1, 0.15) is 59.3 Å². The van der Waals surface area contributed by atoms with Crippen molar-refractivity contribution in [3.05, 3.63) is 12.2 Å². The number of ether oxygens (including phenoxy) is 1. The summed E-state index contributed by atoms with van der Waals surface area (Å²) in [4.78, 5) is 25.3. The number of rotatable bonds is 3. The van der Waals surface area contributed by atoms with Crippen LogP contribution in [0.2, 0.25) is 0 Å². The zero-order valence-corrected chi connectivity index (χ0v) is 13.4. The van der Waals surface area contributed by atoms with Crippen molar-refractivity contribution in [2.75, 3.05) is 0 Å². The average molecular weight is 290 g/mol. The van der Waals surface area contributed by atoms with Crippen molar-refractivity contribution in [3.63, 3.8) is 0 Å². The van der Waals surface area contributed by atoms with Crippen LogP contribution in [-0.2, 0) is 14.3 Å². The molecule has 21 heavy (non-hydrogen) atoms. The van der Waals surface area contributed by atoms with Crippen molar-refractivity contribution in [1.82, 2.24) is 0 Å². The number of cyclic esters (lactones) is 1. The first-order valence-corrected chi connectivity index (χ1v) is 8.17. The normalized spacial score (nSPS) is 45.2. The summed E-state index contributed by atoms with van der Waals surface area (Å²) in [5.74, 6) is 0.390. The van der Waals surface area contributed by atoms with Gasteiger partial charge in [-0.05, 0) is 38.5 Å². The van der Waals surface area contributed by atoms with Crippen LogP contribution in [0.15, 0.2) is 12.2 Å². The van der Waals surface area contributed by atoms with E-state index in [0.29, 0.717) is 12.2 Å². The first-order valence-electron chi connectivity index (χ1n) is 8.17. The van der Waals surface area contributed by atoms with Gasteiger partial charge in [0.1, 0.15) is 11.9 Å². The monoisotopic (exact) mass is 290 g/mol. The summed E-state index contributed by atoms with van der Waals surface area (Å²) in [7, 11) is 0. The molecule has 3 aliphatic rings. The molecule has 1 heterocycles. The van der Waals surface area contributed by atoms with Gasteiger partial charge in [-0.2, -0.15) is 0 Å². The molecule has 0 aromatic carbocycles. The minimum Gasteiger partial charge on any atom is -0.461 e. The van der Waals surface area contributed by atoms with Gasteiger partial charge in [0, 0.05) is 17.3 Å². The van der Waals surface area contributed by atoms with Crippen molar-refractivity contribution in [2.24, 2.45) is 22.7 Å². The average Bonchev–Trinajstić information content (AvgIpc) is 2.87. The summed E-state index contributed by atoms with van der Waals surface area (Å²) in [5.41, 5.74) is 0.510. The molecular weight excluding hydrogens is 264 g/mol. The fourth-order valence-electron chi connectivity index (χ4n) is 5.05. The SMILES string of the molecule is C=C(C)CCC1OC(=O)[C@H]2[C@H]3CCC[C@@]3(C)C(=O)C[C@]12C. The van der Waals surface area contributed by atoms with Gasteiger partial charge in [-0.15, -0.1) is 6.58 Å². The Hall–Kier alpha value is -1.12. The molecule has 0 spiro atoms. The van der Waals surface area contributed by atoms with Crippen LogP contribution in [0.4, 0.5) is 0 Å². The largest absolute Gasteiger partial charge is 0.461 e. The molecule has 0 bridgehead atoms. The molecule has 3 rings (SSSR count). The van der Waals surface area contributed by atoms with E-state index in [1.54, 1.807) is 0 Å². The summed E-state index contributed by atoms with van der Waals surface area (Å²) >= 11 is 0. The molecule has 0 amide bonds. The lowest BCUT2D eigenvalue weighted by Crippen LogP contribution is -2.52. The van der Waals surface area contributed by atoms with Gasteiger partial charge in [-0.1, -0.05) is 25.8 Å². The molecule has 0 aromatic heterocycles. The molecule has 2 saturated carbocycles. The number of carbonyl (C=O) groups excluding carboxylic acids is 2. The van der Waals surface area contributed by atoms with Crippen LogP contribution < -0.4 is 0 Å². The van der Waals surface area contributed by atoms with E-state index < -0.39 is 0 Å². The summed E-state index contributed by atoms with van der Waals surface area (Å²) in [6, 6.07) is 0. The number of fused-ring (bicyclic) bond motifs is 3.